The van der Waals surface area contributed by atoms with E-state index in [4.69, 9.17) is 0 Å². The van der Waals surface area contributed by atoms with Gasteiger partial charge in [0, 0.05) is 44.5 Å². The highest BCUT2D eigenvalue weighted by atomic mass is 28.3. The Hall–Kier alpha value is -5.57. The summed E-state index contributed by atoms with van der Waals surface area (Å²) in [5.74, 6) is 20.6. The summed E-state index contributed by atoms with van der Waals surface area (Å²) in [7, 11) is -3.98. The van der Waals surface area contributed by atoms with Crippen molar-refractivity contribution in [1.82, 2.24) is 0 Å². The van der Waals surface area contributed by atoms with Crippen LogP contribution in [0, 0.1) is 46.6 Å². The summed E-state index contributed by atoms with van der Waals surface area (Å²) in [5, 5.41) is 30.5. The van der Waals surface area contributed by atoms with Crippen molar-refractivity contribution >= 4 is 37.7 Å². The van der Waals surface area contributed by atoms with E-state index < -0.39 is 27.3 Å². The lowest BCUT2D eigenvalue weighted by atomic mass is 9.66. The molecule has 6 aromatic rings. The average Bonchev–Trinajstić information content (AvgIpc) is 3.26. The molecule has 0 bridgehead atoms. The largest absolute Gasteiger partial charge is 0.369 e. The summed E-state index contributed by atoms with van der Waals surface area (Å²) in [6.07, 6.45) is 0. The Kier molecular flexibility index (Phi) is 13.2. The first-order valence-corrected chi connectivity index (χ1v) is 27.7. The molecule has 0 heterocycles. The molecule has 0 spiro atoms. The normalized spacial score (nSPS) is 17.1. The van der Waals surface area contributed by atoms with Gasteiger partial charge in [-0.05, 0) is 128 Å². The third-order valence-corrected chi connectivity index (χ3v) is 27.0. The van der Waals surface area contributed by atoms with Crippen molar-refractivity contribution in [3.05, 3.63) is 166 Å². The van der Waals surface area contributed by atoms with Gasteiger partial charge in [0.25, 0.3) is 0 Å². The third kappa shape index (κ3) is 8.31. The van der Waals surface area contributed by atoms with Crippen LogP contribution in [0.4, 0.5) is 0 Å². The second kappa shape index (κ2) is 18.1. The molecule has 7 rings (SSSR count). The lowest BCUT2D eigenvalue weighted by Crippen LogP contribution is -2.43. The van der Waals surface area contributed by atoms with E-state index in [1.165, 1.54) is 0 Å². The van der Waals surface area contributed by atoms with Gasteiger partial charge in [0.15, 0.2) is 11.2 Å². The topological polar surface area (TPSA) is 40.5 Å². The van der Waals surface area contributed by atoms with E-state index in [9.17, 15) is 10.2 Å². The van der Waals surface area contributed by atoms with E-state index in [0.717, 1.165) is 43.8 Å². The van der Waals surface area contributed by atoms with E-state index in [0.29, 0.717) is 55.5 Å². The maximum atomic E-state index is 13.4. The van der Waals surface area contributed by atoms with Crippen molar-refractivity contribution < 1.29 is 10.2 Å². The molecular formula is C60H64O2Si2. The first kappa shape index (κ1) is 46.4. The number of hydrogen-bond donors (Lipinski definition) is 2. The molecule has 64 heavy (non-hydrogen) atoms. The molecule has 4 heteroatoms. The van der Waals surface area contributed by atoms with Gasteiger partial charge in [-0.3, -0.25) is 0 Å². The molecule has 0 saturated carbocycles. The Morgan fingerprint density at radius 2 is 0.641 bits per heavy atom. The van der Waals surface area contributed by atoms with Gasteiger partial charge in [-0.25, -0.2) is 0 Å². The van der Waals surface area contributed by atoms with Crippen LogP contribution in [-0.2, 0) is 11.2 Å². The first-order chi connectivity index (χ1) is 30.4. The van der Waals surface area contributed by atoms with Gasteiger partial charge in [0.1, 0.15) is 16.1 Å². The van der Waals surface area contributed by atoms with E-state index in [-0.39, 0.29) is 0 Å². The molecule has 0 saturated heterocycles. The van der Waals surface area contributed by atoms with Crippen molar-refractivity contribution in [2.24, 2.45) is 0 Å². The van der Waals surface area contributed by atoms with Crippen LogP contribution in [0.5, 0.6) is 0 Å². The molecule has 2 N–H and O–H groups in total. The summed E-state index contributed by atoms with van der Waals surface area (Å²) in [6, 6.07) is 40.1. The summed E-state index contributed by atoms with van der Waals surface area (Å²) in [6.45, 7) is 28.0. The Morgan fingerprint density at radius 1 is 0.344 bits per heavy atom. The summed E-state index contributed by atoms with van der Waals surface area (Å²) in [4.78, 5) is 0. The summed E-state index contributed by atoms with van der Waals surface area (Å²) >= 11 is 0. The minimum Gasteiger partial charge on any atom is -0.369 e. The minimum absolute atomic E-state index is 0.500. The summed E-state index contributed by atoms with van der Waals surface area (Å²) in [5.41, 5.74) is 12.7. The van der Waals surface area contributed by atoms with E-state index in [2.05, 4.69) is 166 Å². The molecule has 324 valence electrons. The molecular weight excluding hydrogens is 809 g/mol. The van der Waals surface area contributed by atoms with Crippen molar-refractivity contribution in [3.63, 3.8) is 0 Å². The fraction of sp³-hybridized carbons (Fsp3) is 0.333. The monoisotopic (exact) mass is 872 g/mol. The lowest BCUT2D eigenvalue weighted by molar-refractivity contribution is 0.0949. The van der Waals surface area contributed by atoms with Crippen molar-refractivity contribution in [3.8, 4) is 46.6 Å². The van der Waals surface area contributed by atoms with Crippen LogP contribution in [0.15, 0.2) is 121 Å². The van der Waals surface area contributed by atoms with Gasteiger partial charge in [-0.15, -0.1) is 11.1 Å². The Morgan fingerprint density at radius 3 is 0.938 bits per heavy atom. The van der Waals surface area contributed by atoms with E-state index in [1.807, 2.05) is 84.9 Å². The van der Waals surface area contributed by atoms with Gasteiger partial charge < -0.3 is 10.2 Å². The van der Waals surface area contributed by atoms with Crippen LogP contribution in [0.1, 0.15) is 128 Å². The van der Waals surface area contributed by atoms with Crippen LogP contribution >= 0.6 is 0 Å². The fourth-order valence-corrected chi connectivity index (χ4v) is 21.6. The van der Waals surface area contributed by atoms with E-state index >= 15 is 0 Å². The molecule has 1 aliphatic rings. The van der Waals surface area contributed by atoms with Crippen LogP contribution in [0.2, 0.25) is 33.2 Å². The van der Waals surface area contributed by atoms with Gasteiger partial charge >= 0.3 is 0 Å². The van der Waals surface area contributed by atoms with Gasteiger partial charge in [0.05, 0.1) is 0 Å². The standard InChI is InChI=1S/C60H64O2Si2/c1-41(2)63(42(3)4,43(5)6)33-29-49-23-25-51-37-55-57(39-53(51)35-49)59(61,31-27-47-19-15-13-16-20-47)56-38-52-26-24-50(30-34-64(44(7)8,45(9)10)46(11)12)36-54(52)40-58(56)60(55,62)32-28-48-21-17-14-18-22-48/h13-26,35-46,61-62H,1-12H3. The van der Waals surface area contributed by atoms with Gasteiger partial charge in [-0.2, -0.15) is 0 Å². The van der Waals surface area contributed by atoms with Crippen LogP contribution < -0.4 is 0 Å². The van der Waals surface area contributed by atoms with Crippen LogP contribution in [0.3, 0.4) is 0 Å². The number of fused-ring (bicyclic) bond motifs is 4. The fourth-order valence-electron chi connectivity index (χ4n) is 11.1. The lowest BCUT2D eigenvalue weighted by Gasteiger charge is -2.40. The van der Waals surface area contributed by atoms with Crippen LogP contribution in [0.25, 0.3) is 21.5 Å². The van der Waals surface area contributed by atoms with E-state index in [1.54, 1.807) is 0 Å². The molecule has 6 aromatic carbocycles. The van der Waals surface area contributed by atoms with Gasteiger partial charge in [-0.1, -0.05) is 167 Å². The SMILES string of the molecule is CC(C)[Si](C#Cc1ccc2cc3c(cc2c1)C(O)(C#Cc1ccccc1)c1cc2ccc(C#C[Si](C(C)C)(C(C)C)C(C)C)cc2cc1C3(O)C#Cc1ccccc1)(C(C)C)C(C)C. The Labute approximate surface area is 386 Å². The maximum Gasteiger partial charge on any atom is 0.178 e. The molecule has 0 aliphatic heterocycles. The molecule has 1 aliphatic carbocycles. The highest BCUT2D eigenvalue weighted by Gasteiger charge is 2.49. The molecule has 2 nitrogen and oxygen atoms in total. The van der Waals surface area contributed by atoms with Gasteiger partial charge in [0.2, 0.25) is 0 Å². The zero-order chi connectivity index (χ0) is 46.2. The number of benzene rings is 6. The first-order valence-electron chi connectivity index (χ1n) is 23.2. The maximum absolute atomic E-state index is 13.4. The molecule has 0 fully saturated rings. The molecule has 0 amide bonds. The highest BCUT2D eigenvalue weighted by molar-refractivity contribution is 6.91. The average molecular weight is 873 g/mol. The number of hydrogen-bond acceptors (Lipinski definition) is 2. The predicted octanol–water partition coefficient (Wildman–Crippen LogP) is 14.0. The van der Waals surface area contributed by atoms with Crippen LogP contribution in [-0.4, -0.2) is 26.4 Å². The number of rotatable bonds is 6. The third-order valence-electron chi connectivity index (χ3n) is 14.4. The minimum atomic E-state index is -1.99. The molecule has 2 unspecified atom stereocenters. The zero-order valence-corrected chi connectivity index (χ0v) is 41.9. The van der Waals surface area contributed by atoms with Crippen molar-refractivity contribution in [2.45, 2.75) is 128 Å². The summed E-state index contributed by atoms with van der Waals surface area (Å²) < 4.78 is 0. The zero-order valence-electron chi connectivity index (χ0n) is 39.9. The predicted molar refractivity (Wildman–Crippen MR) is 276 cm³/mol. The molecule has 2 atom stereocenters. The second-order valence-electron chi connectivity index (χ2n) is 19.9. The highest BCUT2D eigenvalue weighted by Crippen LogP contribution is 2.50. The smallest absolute Gasteiger partial charge is 0.178 e. The Balaban J connectivity index is 1.51. The van der Waals surface area contributed by atoms with Crippen molar-refractivity contribution in [2.75, 3.05) is 0 Å². The molecule has 0 radical (unpaired) electrons. The van der Waals surface area contributed by atoms with Crippen molar-refractivity contribution in [1.29, 1.82) is 0 Å². The number of aliphatic hydroxyl groups is 2. The molecule has 0 aromatic heterocycles. The Bertz CT molecular complexity index is 2720. The second-order valence-corrected chi connectivity index (χ2v) is 31.0. The quantitative estimate of drug-likeness (QED) is 0.129.